The fraction of sp³-hybridized carbons (Fsp3) is 0.333. The molecule has 3 rings (SSSR count). The predicted molar refractivity (Wildman–Crippen MR) is 70.8 cm³/mol. The Morgan fingerprint density at radius 3 is 2.90 bits per heavy atom. The van der Waals surface area contributed by atoms with Crippen molar-refractivity contribution >= 4 is 0 Å². The van der Waals surface area contributed by atoms with Gasteiger partial charge in [0.15, 0.2) is 0 Å². The Balaban J connectivity index is 1.79. The minimum atomic E-state index is -0.543. The topological polar surface area (TPSA) is 29.0 Å². The summed E-state index contributed by atoms with van der Waals surface area (Å²) in [4.78, 5) is 10.6. The molecule has 1 atom stereocenters. The maximum absolute atomic E-state index is 13.7. The lowest BCUT2D eigenvalue weighted by Crippen LogP contribution is -2.24. The lowest BCUT2D eigenvalue weighted by molar-refractivity contribution is 0.240. The van der Waals surface area contributed by atoms with Crippen molar-refractivity contribution in [3.63, 3.8) is 0 Å². The van der Waals surface area contributed by atoms with Crippen LogP contribution >= 0.6 is 0 Å². The zero-order valence-electron chi connectivity index (χ0n) is 11.0. The number of aromatic nitrogens is 2. The number of halogens is 2. The Hall–Kier alpha value is -1.88. The van der Waals surface area contributed by atoms with Gasteiger partial charge in [0.2, 0.25) is 0 Å². The molecule has 0 unspecified atom stereocenters. The average molecular weight is 275 g/mol. The minimum Gasteiger partial charge on any atom is -0.290 e. The van der Waals surface area contributed by atoms with Gasteiger partial charge in [0.25, 0.3) is 0 Å². The Kier molecular flexibility index (Phi) is 3.69. The maximum atomic E-state index is 13.7. The predicted octanol–water partition coefficient (Wildman–Crippen LogP) is 3.09. The summed E-state index contributed by atoms with van der Waals surface area (Å²) in [5.41, 5.74) is 1.43. The zero-order chi connectivity index (χ0) is 13.9. The van der Waals surface area contributed by atoms with Crippen LogP contribution in [0.15, 0.2) is 36.8 Å². The van der Waals surface area contributed by atoms with Crippen LogP contribution in [-0.2, 0) is 6.54 Å². The quantitative estimate of drug-likeness (QED) is 0.862. The van der Waals surface area contributed by atoms with Gasteiger partial charge >= 0.3 is 0 Å². The molecule has 104 valence electrons. The van der Waals surface area contributed by atoms with Gasteiger partial charge in [0.1, 0.15) is 11.6 Å². The summed E-state index contributed by atoms with van der Waals surface area (Å²) in [6.07, 6.45) is 7.10. The SMILES string of the molecule is Fc1ccc(CN2CCC[C@@H]2c2cnccn2)c(F)c1. The Morgan fingerprint density at radius 2 is 2.15 bits per heavy atom. The standard InChI is InChI=1S/C15H15F2N3/c16-12-4-3-11(13(17)8-12)10-20-7-1-2-15(20)14-9-18-5-6-19-14/h3-6,8-9,15H,1-2,7,10H2/t15-/m1/s1. The molecule has 1 aromatic heterocycles. The summed E-state index contributed by atoms with van der Waals surface area (Å²) in [6.45, 7) is 1.35. The number of benzene rings is 1. The molecule has 1 fully saturated rings. The van der Waals surface area contributed by atoms with Crippen LogP contribution in [0.5, 0.6) is 0 Å². The van der Waals surface area contributed by atoms with Crippen LogP contribution in [0.2, 0.25) is 0 Å². The number of likely N-dealkylation sites (tertiary alicyclic amines) is 1. The van der Waals surface area contributed by atoms with Crippen molar-refractivity contribution in [2.24, 2.45) is 0 Å². The van der Waals surface area contributed by atoms with Crippen LogP contribution in [0.25, 0.3) is 0 Å². The molecule has 20 heavy (non-hydrogen) atoms. The van der Waals surface area contributed by atoms with Gasteiger partial charge in [-0.05, 0) is 25.5 Å². The number of rotatable bonds is 3. The molecule has 0 aliphatic carbocycles. The van der Waals surface area contributed by atoms with Crippen molar-refractivity contribution in [2.75, 3.05) is 6.54 Å². The number of hydrogen-bond acceptors (Lipinski definition) is 3. The summed E-state index contributed by atoms with van der Waals surface area (Å²) < 4.78 is 26.7. The van der Waals surface area contributed by atoms with Gasteiger partial charge in [-0.1, -0.05) is 6.07 Å². The fourth-order valence-corrected chi connectivity index (χ4v) is 2.70. The van der Waals surface area contributed by atoms with Crippen LogP contribution in [-0.4, -0.2) is 21.4 Å². The van der Waals surface area contributed by atoms with E-state index in [9.17, 15) is 8.78 Å². The van der Waals surface area contributed by atoms with Crippen LogP contribution in [0.3, 0.4) is 0 Å². The van der Waals surface area contributed by atoms with Gasteiger partial charge in [0, 0.05) is 36.8 Å². The van der Waals surface area contributed by atoms with Gasteiger partial charge in [-0.2, -0.15) is 0 Å². The molecule has 0 N–H and O–H groups in total. The van der Waals surface area contributed by atoms with E-state index in [0.29, 0.717) is 12.1 Å². The fourth-order valence-electron chi connectivity index (χ4n) is 2.70. The second-order valence-electron chi connectivity index (χ2n) is 4.99. The van der Waals surface area contributed by atoms with E-state index in [1.165, 1.54) is 12.1 Å². The largest absolute Gasteiger partial charge is 0.290 e. The molecule has 1 aromatic carbocycles. The van der Waals surface area contributed by atoms with E-state index in [-0.39, 0.29) is 6.04 Å². The first-order valence-corrected chi connectivity index (χ1v) is 6.68. The molecule has 2 aromatic rings. The number of hydrogen-bond donors (Lipinski definition) is 0. The highest BCUT2D eigenvalue weighted by molar-refractivity contribution is 5.19. The first-order chi connectivity index (χ1) is 9.74. The van der Waals surface area contributed by atoms with E-state index in [1.807, 2.05) is 0 Å². The molecule has 1 aliphatic heterocycles. The lowest BCUT2D eigenvalue weighted by atomic mass is 10.1. The van der Waals surface area contributed by atoms with Crippen molar-refractivity contribution < 1.29 is 8.78 Å². The van der Waals surface area contributed by atoms with Crippen LogP contribution in [0.1, 0.15) is 30.1 Å². The minimum absolute atomic E-state index is 0.160. The molecule has 0 amide bonds. The third-order valence-electron chi connectivity index (χ3n) is 3.68. The van der Waals surface area contributed by atoms with Crippen molar-refractivity contribution in [1.29, 1.82) is 0 Å². The van der Waals surface area contributed by atoms with E-state index in [4.69, 9.17) is 0 Å². The van der Waals surface area contributed by atoms with E-state index < -0.39 is 11.6 Å². The highest BCUT2D eigenvalue weighted by atomic mass is 19.1. The van der Waals surface area contributed by atoms with E-state index >= 15 is 0 Å². The molecule has 1 saturated heterocycles. The van der Waals surface area contributed by atoms with Crippen LogP contribution in [0, 0.1) is 11.6 Å². The Morgan fingerprint density at radius 1 is 1.25 bits per heavy atom. The third-order valence-corrected chi connectivity index (χ3v) is 3.68. The normalized spacial score (nSPS) is 19.4. The summed E-state index contributed by atoms with van der Waals surface area (Å²) in [7, 11) is 0. The van der Waals surface area contributed by atoms with Gasteiger partial charge in [-0.15, -0.1) is 0 Å². The molecule has 3 nitrogen and oxygen atoms in total. The van der Waals surface area contributed by atoms with Crippen molar-refractivity contribution in [3.05, 3.63) is 59.7 Å². The van der Waals surface area contributed by atoms with Gasteiger partial charge in [-0.25, -0.2) is 8.78 Å². The molecule has 1 aliphatic rings. The smallest absolute Gasteiger partial charge is 0.130 e. The molecular weight excluding hydrogens is 260 g/mol. The van der Waals surface area contributed by atoms with Crippen LogP contribution < -0.4 is 0 Å². The zero-order valence-corrected chi connectivity index (χ0v) is 11.0. The summed E-state index contributed by atoms with van der Waals surface area (Å²) in [5, 5.41) is 0. The van der Waals surface area contributed by atoms with Gasteiger partial charge < -0.3 is 0 Å². The highest BCUT2D eigenvalue weighted by Gasteiger charge is 2.27. The summed E-state index contributed by atoms with van der Waals surface area (Å²) in [6, 6.07) is 3.90. The summed E-state index contributed by atoms with van der Waals surface area (Å²) in [5.74, 6) is -1.03. The van der Waals surface area contributed by atoms with Crippen molar-refractivity contribution in [1.82, 2.24) is 14.9 Å². The van der Waals surface area contributed by atoms with Gasteiger partial charge in [-0.3, -0.25) is 14.9 Å². The van der Waals surface area contributed by atoms with E-state index in [2.05, 4.69) is 14.9 Å². The average Bonchev–Trinajstić information content (AvgIpc) is 2.91. The second kappa shape index (κ2) is 5.63. The molecule has 0 bridgehead atoms. The van der Waals surface area contributed by atoms with Crippen molar-refractivity contribution in [2.45, 2.75) is 25.4 Å². The molecule has 5 heteroatoms. The molecule has 2 heterocycles. The van der Waals surface area contributed by atoms with E-state index in [1.54, 1.807) is 18.6 Å². The second-order valence-corrected chi connectivity index (χ2v) is 4.99. The van der Waals surface area contributed by atoms with E-state index in [0.717, 1.165) is 31.1 Å². The molecular formula is C15H15F2N3. The third kappa shape index (κ3) is 2.67. The van der Waals surface area contributed by atoms with Crippen molar-refractivity contribution in [3.8, 4) is 0 Å². The Labute approximate surface area is 116 Å². The summed E-state index contributed by atoms with van der Waals surface area (Å²) >= 11 is 0. The highest BCUT2D eigenvalue weighted by Crippen LogP contribution is 2.31. The molecule has 0 saturated carbocycles. The number of nitrogens with zero attached hydrogens (tertiary/aromatic N) is 3. The van der Waals surface area contributed by atoms with Gasteiger partial charge in [0.05, 0.1) is 11.7 Å². The monoisotopic (exact) mass is 275 g/mol. The van der Waals surface area contributed by atoms with Crippen LogP contribution in [0.4, 0.5) is 8.78 Å². The maximum Gasteiger partial charge on any atom is 0.130 e. The lowest BCUT2D eigenvalue weighted by Gasteiger charge is -2.23. The first-order valence-electron chi connectivity index (χ1n) is 6.68. The Bertz CT molecular complexity index is 589. The molecule has 0 spiro atoms. The molecule has 0 radical (unpaired) electrons. The first kappa shape index (κ1) is 13.1.